The van der Waals surface area contributed by atoms with Gasteiger partial charge in [-0.05, 0) is 63.1 Å². The van der Waals surface area contributed by atoms with Crippen molar-refractivity contribution in [3.05, 3.63) is 80.7 Å². The number of nitrogens with zero attached hydrogens (tertiary/aromatic N) is 2. The van der Waals surface area contributed by atoms with E-state index in [-0.39, 0.29) is 17.2 Å². The topological polar surface area (TPSA) is 76.2 Å². The summed E-state index contributed by atoms with van der Waals surface area (Å²) in [7, 11) is 0. The number of imide groups is 1. The fraction of sp³-hybridized carbons (Fsp3) is 0.296. The Balaban J connectivity index is 1.59. The van der Waals surface area contributed by atoms with Crippen LogP contribution in [-0.4, -0.2) is 30.5 Å². The van der Waals surface area contributed by atoms with E-state index in [0.717, 1.165) is 20.9 Å². The lowest BCUT2D eigenvalue weighted by Crippen LogP contribution is -2.37. The number of fused-ring (bicyclic) bond motifs is 1. The minimum Gasteiger partial charge on any atom is -0.462 e. The van der Waals surface area contributed by atoms with Crippen molar-refractivity contribution in [1.82, 2.24) is 0 Å². The molecule has 1 aromatic heterocycles. The van der Waals surface area contributed by atoms with Crippen LogP contribution in [0.1, 0.15) is 44.9 Å². The number of halogens is 1. The molecule has 36 heavy (non-hydrogen) atoms. The molecule has 5 rings (SSSR count). The molecule has 186 valence electrons. The van der Waals surface area contributed by atoms with Crippen LogP contribution in [0, 0.1) is 26.7 Å². The lowest BCUT2D eigenvalue weighted by atomic mass is 9.90. The van der Waals surface area contributed by atoms with Gasteiger partial charge in [-0.2, -0.15) is 0 Å². The van der Waals surface area contributed by atoms with Crippen LogP contribution in [0.2, 0.25) is 5.02 Å². The molecular weight excluding hydrogens is 500 g/mol. The van der Waals surface area contributed by atoms with E-state index < -0.39 is 35.8 Å². The zero-order valence-corrected chi connectivity index (χ0v) is 21.9. The van der Waals surface area contributed by atoms with E-state index in [1.165, 1.54) is 11.3 Å². The third-order valence-corrected chi connectivity index (χ3v) is 8.11. The molecule has 2 saturated heterocycles. The van der Waals surface area contributed by atoms with Crippen molar-refractivity contribution in [2.75, 3.05) is 16.6 Å². The molecule has 3 heterocycles. The fourth-order valence-corrected chi connectivity index (χ4v) is 6.02. The number of carbonyl (C=O) groups excluding carboxylic acids is 3. The van der Waals surface area contributed by atoms with Gasteiger partial charge in [0.1, 0.15) is 10.9 Å². The Morgan fingerprint density at radius 3 is 2.33 bits per heavy atom. The highest BCUT2D eigenvalue weighted by atomic mass is 35.5. The van der Waals surface area contributed by atoms with Crippen molar-refractivity contribution >= 4 is 51.4 Å². The quantitative estimate of drug-likeness (QED) is 0.321. The summed E-state index contributed by atoms with van der Waals surface area (Å²) in [4.78, 5) is 48.6. The van der Waals surface area contributed by atoms with Gasteiger partial charge < -0.3 is 4.74 Å². The number of aryl methyl sites for hydroxylation is 2. The summed E-state index contributed by atoms with van der Waals surface area (Å²) in [6, 6.07) is 14.3. The molecule has 0 spiro atoms. The molecule has 7 nitrogen and oxygen atoms in total. The number of hydroxylamine groups is 1. The van der Waals surface area contributed by atoms with Crippen LogP contribution >= 0.6 is 22.9 Å². The van der Waals surface area contributed by atoms with Gasteiger partial charge >= 0.3 is 5.97 Å². The number of carbonyl (C=O) groups is 3. The van der Waals surface area contributed by atoms with E-state index in [9.17, 15) is 14.4 Å². The highest BCUT2D eigenvalue weighted by Gasteiger charge is 2.61. The van der Waals surface area contributed by atoms with Crippen molar-refractivity contribution in [2.45, 2.75) is 39.8 Å². The molecule has 2 fully saturated rings. The van der Waals surface area contributed by atoms with E-state index in [1.54, 1.807) is 43.2 Å². The van der Waals surface area contributed by atoms with Crippen LogP contribution in [0.3, 0.4) is 0 Å². The molecule has 3 atom stereocenters. The second kappa shape index (κ2) is 9.35. The molecule has 0 bridgehead atoms. The number of thiophene rings is 1. The van der Waals surface area contributed by atoms with Gasteiger partial charge in [0.15, 0.2) is 6.10 Å². The summed E-state index contributed by atoms with van der Waals surface area (Å²) < 4.78 is 5.24. The van der Waals surface area contributed by atoms with Gasteiger partial charge in [-0.1, -0.05) is 41.4 Å². The average molecular weight is 525 g/mol. The Hall–Kier alpha value is -3.20. The van der Waals surface area contributed by atoms with E-state index >= 15 is 0 Å². The molecule has 0 saturated carbocycles. The SMILES string of the molecule is CCOC(=O)c1c(N2C(=O)[C@H]3[C@@H](ON(c4ccc(Cl)cc4)[C@H]3c3ccc(C)cc3)C2=O)sc(C)c1C. The first kappa shape index (κ1) is 24.5. The first-order valence-corrected chi connectivity index (χ1v) is 12.9. The number of esters is 1. The third kappa shape index (κ3) is 3.89. The maximum atomic E-state index is 14.0. The number of rotatable bonds is 5. The molecule has 2 aliphatic heterocycles. The average Bonchev–Trinajstić information content (AvgIpc) is 3.45. The normalized spacial score (nSPS) is 21.3. The summed E-state index contributed by atoms with van der Waals surface area (Å²) in [5.41, 5.74) is 3.55. The first-order valence-electron chi connectivity index (χ1n) is 11.7. The number of hydrogen-bond donors (Lipinski definition) is 0. The monoisotopic (exact) mass is 524 g/mol. The van der Waals surface area contributed by atoms with E-state index in [4.69, 9.17) is 21.2 Å². The molecule has 2 amide bonds. The summed E-state index contributed by atoms with van der Waals surface area (Å²) in [6.45, 7) is 7.54. The van der Waals surface area contributed by atoms with E-state index in [1.807, 2.05) is 38.1 Å². The Bertz CT molecular complexity index is 1350. The standard InChI is InChI=1S/C27H25ClN2O5S/c1-5-34-27(33)20-15(3)16(4)36-26(20)29-24(31)21-22(17-8-6-14(2)7-9-17)30(35-23(21)25(29)32)19-12-10-18(28)11-13-19/h6-13,21-23H,5H2,1-4H3/t21-,22+,23-/m1/s1. The predicted octanol–water partition coefficient (Wildman–Crippen LogP) is 5.55. The number of benzene rings is 2. The first-order chi connectivity index (χ1) is 17.2. The minimum atomic E-state index is -1.03. The maximum absolute atomic E-state index is 14.0. The zero-order chi connectivity index (χ0) is 25.7. The Labute approximate surface area is 218 Å². The van der Waals surface area contributed by atoms with E-state index in [0.29, 0.717) is 16.3 Å². The molecule has 3 aromatic rings. The van der Waals surface area contributed by atoms with Gasteiger partial charge in [0.2, 0.25) is 5.91 Å². The Kier molecular flexibility index (Phi) is 6.36. The van der Waals surface area contributed by atoms with Crippen LogP contribution in [0.5, 0.6) is 0 Å². The lowest BCUT2D eigenvalue weighted by Gasteiger charge is -2.28. The van der Waals surface area contributed by atoms with Crippen molar-refractivity contribution in [3.63, 3.8) is 0 Å². The zero-order valence-electron chi connectivity index (χ0n) is 20.3. The van der Waals surface area contributed by atoms with E-state index in [2.05, 4.69) is 0 Å². The highest BCUT2D eigenvalue weighted by Crippen LogP contribution is 2.49. The van der Waals surface area contributed by atoms with Gasteiger partial charge in [-0.15, -0.1) is 11.3 Å². The van der Waals surface area contributed by atoms with Crippen LogP contribution in [0.4, 0.5) is 10.7 Å². The van der Waals surface area contributed by atoms with Crippen molar-refractivity contribution in [1.29, 1.82) is 0 Å². The Morgan fingerprint density at radius 1 is 1.03 bits per heavy atom. The second-order valence-corrected chi connectivity index (χ2v) is 10.5. The predicted molar refractivity (Wildman–Crippen MR) is 138 cm³/mol. The Morgan fingerprint density at radius 2 is 1.69 bits per heavy atom. The highest BCUT2D eigenvalue weighted by molar-refractivity contribution is 7.17. The molecular formula is C27H25ClN2O5S. The summed E-state index contributed by atoms with van der Waals surface area (Å²) in [5.74, 6) is -2.25. The largest absolute Gasteiger partial charge is 0.462 e. The molecule has 0 N–H and O–H groups in total. The summed E-state index contributed by atoms with van der Waals surface area (Å²) in [6.07, 6.45) is -1.03. The molecule has 9 heteroatoms. The number of amides is 2. The third-order valence-electron chi connectivity index (χ3n) is 6.66. The molecule has 2 aromatic carbocycles. The van der Waals surface area contributed by atoms with Crippen LogP contribution in [-0.2, 0) is 19.2 Å². The van der Waals surface area contributed by atoms with Gasteiger partial charge in [0, 0.05) is 9.90 Å². The van der Waals surface area contributed by atoms with Gasteiger partial charge in [0.05, 0.1) is 23.9 Å². The number of ether oxygens (including phenoxy) is 1. The molecule has 0 aliphatic carbocycles. The number of hydrogen-bond acceptors (Lipinski definition) is 7. The van der Waals surface area contributed by atoms with Crippen molar-refractivity contribution in [3.8, 4) is 0 Å². The second-order valence-electron chi connectivity index (χ2n) is 8.91. The van der Waals surface area contributed by atoms with Gasteiger partial charge in [0.25, 0.3) is 5.91 Å². The smallest absolute Gasteiger partial charge is 0.341 e. The molecule has 0 unspecified atom stereocenters. The van der Waals surface area contributed by atoms with Crippen LogP contribution in [0.15, 0.2) is 48.5 Å². The van der Waals surface area contributed by atoms with Crippen LogP contribution in [0.25, 0.3) is 0 Å². The molecule has 0 radical (unpaired) electrons. The lowest BCUT2D eigenvalue weighted by molar-refractivity contribution is -0.126. The van der Waals surface area contributed by atoms with Crippen LogP contribution < -0.4 is 9.96 Å². The summed E-state index contributed by atoms with van der Waals surface area (Å²) in [5, 5.41) is 2.48. The van der Waals surface area contributed by atoms with Crippen molar-refractivity contribution < 1.29 is 24.0 Å². The van der Waals surface area contributed by atoms with Gasteiger partial charge in [-0.3, -0.25) is 14.4 Å². The minimum absolute atomic E-state index is 0.189. The summed E-state index contributed by atoms with van der Waals surface area (Å²) >= 11 is 7.32. The molecule has 2 aliphatic rings. The van der Waals surface area contributed by atoms with Crippen molar-refractivity contribution in [2.24, 2.45) is 5.92 Å². The van der Waals surface area contributed by atoms with Gasteiger partial charge in [-0.25, -0.2) is 14.8 Å². The number of anilines is 2. The maximum Gasteiger partial charge on any atom is 0.341 e. The fourth-order valence-electron chi connectivity index (χ4n) is 4.74.